The minimum absolute atomic E-state index is 0.279. The first-order valence-corrected chi connectivity index (χ1v) is 6.17. The largest absolute Gasteiger partial charge is 0.0961 e. The maximum absolute atomic E-state index is 4.22. The molecule has 0 radical (unpaired) electrons. The van der Waals surface area contributed by atoms with E-state index < -0.39 is 0 Å². The van der Waals surface area contributed by atoms with E-state index in [2.05, 4.69) is 59.9 Å². The van der Waals surface area contributed by atoms with Gasteiger partial charge in [-0.05, 0) is 30.6 Å². The van der Waals surface area contributed by atoms with Crippen molar-refractivity contribution in [3.05, 3.63) is 36.5 Å². The smallest absolute Gasteiger partial charge is 0.0117 e. The van der Waals surface area contributed by atoms with E-state index in [1.807, 2.05) is 6.92 Å². The summed E-state index contributed by atoms with van der Waals surface area (Å²) >= 11 is 0. The molecule has 0 bridgehead atoms. The maximum Gasteiger partial charge on any atom is -0.0117 e. The molecule has 0 nitrogen and oxygen atoms in total. The molecular weight excluding hydrogens is 192 g/mol. The third-order valence-corrected chi connectivity index (χ3v) is 2.78. The normalized spacial score (nSPS) is 14.4. The SMILES string of the molecule is C=C(C)/C=C\C(=C)C(CC(C)C)C(C)(C)C. The average molecular weight is 220 g/mol. The van der Waals surface area contributed by atoms with Crippen LogP contribution in [-0.2, 0) is 0 Å². The van der Waals surface area contributed by atoms with Crippen molar-refractivity contribution in [3.8, 4) is 0 Å². The molecular formula is C16H28. The highest BCUT2D eigenvalue weighted by molar-refractivity contribution is 5.26. The minimum Gasteiger partial charge on any atom is -0.0961 e. The van der Waals surface area contributed by atoms with Gasteiger partial charge in [-0.1, -0.05) is 71.1 Å². The molecule has 0 heterocycles. The fraction of sp³-hybridized carbons (Fsp3) is 0.625. The van der Waals surface area contributed by atoms with Crippen molar-refractivity contribution < 1.29 is 0 Å². The zero-order chi connectivity index (χ0) is 12.9. The second-order valence-electron chi connectivity index (χ2n) is 6.30. The molecule has 1 atom stereocenters. The van der Waals surface area contributed by atoms with Crippen LogP contribution in [0.4, 0.5) is 0 Å². The molecule has 0 aliphatic carbocycles. The van der Waals surface area contributed by atoms with Crippen molar-refractivity contribution in [2.75, 3.05) is 0 Å². The molecule has 0 rings (SSSR count). The van der Waals surface area contributed by atoms with Crippen LogP contribution in [0.15, 0.2) is 36.5 Å². The quantitative estimate of drug-likeness (QED) is 0.545. The van der Waals surface area contributed by atoms with E-state index in [1.165, 1.54) is 12.0 Å². The monoisotopic (exact) mass is 220 g/mol. The van der Waals surface area contributed by atoms with Crippen molar-refractivity contribution in [2.45, 2.75) is 48.0 Å². The zero-order valence-electron chi connectivity index (χ0n) is 11.9. The summed E-state index contributed by atoms with van der Waals surface area (Å²) in [4.78, 5) is 0. The Morgan fingerprint density at radius 2 is 1.62 bits per heavy atom. The minimum atomic E-state index is 0.279. The van der Waals surface area contributed by atoms with Gasteiger partial charge in [-0.15, -0.1) is 0 Å². The fourth-order valence-corrected chi connectivity index (χ4v) is 1.90. The molecule has 0 aliphatic heterocycles. The van der Waals surface area contributed by atoms with Gasteiger partial charge < -0.3 is 0 Å². The number of hydrogen-bond acceptors (Lipinski definition) is 0. The van der Waals surface area contributed by atoms with Crippen LogP contribution in [-0.4, -0.2) is 0 Å². The van der Waals surface area contributed by atoms with E-state index in [0.717, 1.165) is 5.57 Å². The van der Waals surface area contributed by atoms with E-state index in [4.69, 9.17) is 0 Å². The van der Waals surface area contributed by atoms with Crippen molar-refractivity contribution in [3.63, 3.8) is 0 Å². The molecule has 0 N–H and O–H groups in total. The summed E-state index contributed by atoms with van der Waals surface area (Å²) in [7, 11) is 0. The average Bonchev–Trinajstić information content (AvgIpc) is 2.08. The Morgan fingerprint density at radius 1 is 1.12 bits per heavy atom. The first-order chi connectivity index (χ1) is 7.14. The van der Waals surface area contributed by atoms with E-state index in [9.17, 15) is 0 Å². The van der Waals surface area contributed by atoms with Gasteiger partial charge in [-0.2, -0.15) is 0 Å². The Kier molecular flexibility index (Phi) is 5.78. The molecule has 1 unspecified atom stereocenters. The molecule has 0 aromatic carbocycles. The first-order valence-electron chi connectivity index (χ1n) is 6.17. The summed E-state index contributed by atoms with van der Waals surface area (Å²) in [5.74, 6) is 1.25. The summed E-state index contributed by atoms with van der Waals surface area (Å²) in [6, 6.07) is 0. The van der Waals surface area contributed by atoms with Crippen LogP contribution < -0.4 is 0 Å². The van der Waals surface area contributed by atoms with Crippen molar-refractivity contribution in [2.24, 2.45) is 17.3 Å². The Bertz CT molecular complexity index is 271. The molecule has 0 fully saturated rings. The van der Waals surface area contributed by atoms with Gasteiger partial charge in [0, 0.05) is 0 Å². The van der Waals surface area contributed by atoms with E-state index in [-0.39, 0.29) is 5.41 Å². The van der Waals surface area contributed by atoms with Crippen LogP contribution >= 0.6 is 0 Å². The lowest BCUT2D eigenvalue weighted by molar-refractivity contribution is 0.245. The topological polar surface area (TPSA) is 0 Å². The highest BCUT2D eigenvalue weighted by Gasteiger charge is 2.26. The van der Waals surface area contributed by atoms with Crippen molar-refractivity contribution in [1.29, 1.82) is 0 Å². The Labute approximate surface area is 102 Å². The fourth-order valence-electron chi connectivity index (χ4n) is 1.90. The second-order valence-corrected chi connectivity index (χ2v) is 6.30. The third kappa shape index (κ3) is 5.95. The van der Waals surface area contributed by atoms with Crippen LogP contribution in [0.5, 0.6) is 0 Å². The predicted octanol–water partition coefficient (Wildman–Crippen LogP) is 5.38. The van der Waals surface area contributed by atoms with Gasteiger partial charge in [-0.3, -0.25) is 0 Å². The van der Waals surface area contributed by atoms with Gasteiger partial charge in [0.25, 0.3) is 0 Å². The Balaban J connectivity index is 4.77. The van der Waals surface area contributed by atoms with E-state index >= 15 is 0 Å². The number of rotatable bonds is 5. The maximum atomic E-state index is 4.22. The van der Waals surface area contributed by atoms with Crippen LogP contribution in [0, 0.1) is 17.3 Å². The lowest BCUT2D eigenvalue weighted by Crippen LogP contribution is -2.23. The summed E-state index contributed by atoms with van der Waals surface area (Å²) in [5, 5.41) is 0. The molecule has 0 amide bonds. The third-order valence-electron chi connectivity index (χ3n) is 2.78. The molecule has 0 aromatic heterocycles. The molecule has 0 aromatic rings. The standard InChI is InChI=1S/C16H28/c1-12(2)9-10-14(5)15(11-13(3)4)16(6,7)8/h9-10,13,15H,1,5,11H2,2-4,6-8H3/b10-9-. The van der Waals surface area contributed by atoms with Crippen LogP contribution in [0.1, 0.15) is 48.0 Å². The molecule has 0 heteroatoms. The number of allylic oxidation sites excluding steroid dienone is 4. The Morgan fingerprint density at radius 3 is 1.94 bits per heavy atom. The summed E-state index contributed by atoms with van der Waals surface area (Å²) in [6.07, 6.45) is 5.38. The second kappa shape index (κ2) is 6.08. The summed E-state index contributed by atoms with van der Waals surface area (Å²) in [5.41, 5.74) is 2.59. The molecule has 0 saturated carbocycles. The lowest BCUT2D eigenvalue weighted by Gasteiger charge is -2.33. The summed E-state index contributed by atoms with van der Waals surface area (Å²) in [6.45, 7) is 21.5. The van der Waals surface area contributed by atoms with Gasteiger partial charge in [-0.25, -0.2) is 0 Å². The molecule has 92 valence electrons. The number of hydrogen-bond donors (Lipinski definition) is 0. The lowest BCUT2D eigenvalue weighted by atomic mass is 9.72. The van der Waals surface area contributed by atoms with Crippen LogP contribution in [0.3, 0.4) is 0 Å². The Hall–Kier alpha value is -0.780. The van der Waals surface area contributed by atoms with Crippen molar-refractivity contribution >= 4 is 0 Å². The molecule has 16 heavy (non-hydrogen) atoms. The van der Waals surface area contributed by atoms with Crippen LogP contribution in [0.2, 0.25) is 0 Å². The van der Waals surface area contributed by atoms with E-state index in [1.54, 1.807) is 0 Å². The van der Waals surface area contributed by atoms with Crippen LogP contribution in [0.25, 0.3) is 0 Å². The highest BCUT2D eigenvalue weighted by atomic mass is 14.3. The van der Waals surface area contributed by atoms with Gasteiger partial charge in [0.15, 0.2) is 0 Å². The highest BCUT2D eigenvalue weighted by Crippen LogP contribution is 2.36. The zero-order valence-corrected chi connectivity index (χ0v) is 11.9. The van der Waals surface area contributed by atoms with E-state index in [0.29, 0.717) is 11.8 Å². The molecule has 0 spiro atoms. The summed E-state index contributed by atoms with van der Waals surface area (Å²) < 4.78 is 0. The van der Waals surface area contributed by atoms with Gasteiger partial charge in [0.2, 0.25) is 0 Å². The van der Waals surface area contributed by atoms with Gasteiger partial charge >= 0.3 is 0 Å². The molecule has 0 saturated heterocycles. The van der Waals surface area contributed by atoms with Gasteiger partial charge in [0.1, 0.15) is 0 Å². The predicted molar refractivity (Wildman–Crippen MR) is 75.5 cm³/mol. The first kappa shape index (κ1) is 15.2. The van der Waals surface area contributed by atoms with Gasteiger partial charge in [0.05, 0.1) is 0 Å². The molecule has 0 aliphatic rings. The van der Waals surface area contributed by atoms with Crippen molar-refractivity contribution in [1.82, 2.24) is 0 Å².